The lowest BCUT2D eigenvalue weighted by Crippen LogP contribution is -2.39. The first kappa shape index (κ1) is 18.9. The molecule has 1 amide bonds. The van der Waals surface area contributed by atoms with Gasteiger partial charge in [-0.05, 0) is 45.4 Å². The summed E-state index contributed by atoms with van der Waals surface area (Å²) in [4.78, 5) is 16.4. The van der Waals surface area contributed by atoms with Gasteiger partial charge in [0.05, 0.1) is 0 Å². The van der Waals surface area contributed by atoms with Crippen LogP contribution in [0.3, 0.4) is 0 Å². The fourth-order valence-corrected chi connectivity index (χ4v) is 2.63. The van der Waals surface area contributed by atoms with Crippen LogP contribution in [0.25, 0.3) is 0 Å². The highest BCUT2D eigenvalue weighted by Crippen LogP contribution is 2.22. The van der Waals surface area contributed by atoms with Crippen LogP contribution < -0.4 is 0 Å². The molecular formula is C18H34N2O2. The number of nitrogens with zero attached hydrogens (tertiary/aromatic N) is 2. The molecule has 0 spiro atoms. The van der Waals surface area contributed by atoms with E-state index < -0.39 is 5.60 Å². The molecule has 0 fully saturated rings. The molecule has 0 saturated heterocycles. The van der Waals surface area contributed by atoms with Gasteiger partial charge < -0.3 is 9.64 Å². The standard InChI is InChI=1S/C18H34N2O2/c1-14(2)11-20(12-15(3)4)16-9-8-10-19(13-16)17(21)22-18(5,6)7/h13-15H,8-12H2,1-7H3. The summed E-state index contributed by atoms with van der Waals surface area (Å²) in [6, 6.07) is 0. The van der Waals surface area contributed by atoms with Crippen LogP contribution in [0.15, 0.2) is 11.9 Å². The van der Waals surface area contributed by atoms with Gasteiger partial charge in [-0.1, -0.05) is 27.7 Å². The van der Waals surface area contributed by atoms with Crippen molar-refractivity contribution in [1.82, 2.24) is 9.80 Å². The monoisotopic (exact) mass is 310 g/mol. The molecule has 0 atom stereocenters. The van der Waals surface area contributed by atoms with Crippen molar-refractivity contribution >= 4 is 6.09 Å². The highest BCUT2D eigenvalue weighted by Gasteiger charge is 2.25. The maximum absolute atomic E-state index is 12.3. The molecule has 0 aliphatic carbocycles. The Morgan fingerprint density at radius 2 is 1.77 bits per heavy atom. The van der Waals surface area contributed by atoms with E-state index in [-0.39, 0.29) is 6.09 Å². The van der Waals surface area contributed by atoms with Crippen molar-refractivity contribution in [2.45, 2.75) is 66.9 Å². The largest absolute Gasteiger partial charge is 0.443 e. The van der Waals surface area contributed by atoms with Gasteiger partial charge in [-0.3, -0.25) is 4.90 Å². The Morgan fingerprint density at radius 3 is 2.23 bits per heavy atom. The van der Waals surface area contributed by atoms with Crippen LogP contribution in [0.5, 0.6) is 0 Å². The molecule has 0 aromatic rings. The Kier molecular flexibility index (Phi) is 6.76. The van der Waals surface area contributed by atoms with Crippen LogP contribution in [0.2, 0.25) is 0 Å². The molecule has 1 aliphatic heterocycles. The summed E-state index contributed by atoms with van der Waals surface area (Å²) in [5, 5.41) is 0. The van der Waals surface area contributed by atoms with E-state index in [1.807, 2.05) is 27.0 Å². The van der Waals surface area contributed by atoms with Crippen LogP contribution in [-0.4, -0.2) is 41.1 Å². The average Bonchev–Trinajstić information content (AvgIpc) is 2.35. The second kappa shape index (κ2) is 7.89. The van der Waals surface area contributed by atoms with E-state index in [4.69, 9.17) is 4.74 Å². The Balaban J connectivity index is 2.84. The Morgan fingerprint density at radius 1 is 1.23 bits per heavy atom. The minimum atomic E-state index is -0.446. The molecule has 128 valence electrons. The number of amides is 1. The van der Waals surface area contributed by atoms with Crippen LogP contribution in [0.1, 0.15) is 61.3 Å². The number of carbonyl (C=O) groups excluding carboxylic acids is 1. The maximum Gasteiger partial charge on any atom is 0.414 e. The van der Waals surface area contributed by atoms with Crippen molar-refractivity contribution in [2.24, 2.45) is 11.8 Å². The summed E-state index contributed by atoms with van der Waals surface area (Å²) in [5.41, 5.74) is 0.817. The first-order valence-electron chi connectivity index (χ1n) is 8.53. The molecule has 22 heavy (non-hydrogen) atoms. The van der Waals surface area contributed by atoms with Gasteiger partial charge in [-0.2, -0.15) is 0 Å². The molecule has 1 rings (SSSR count). The number of rotatable bonds is 5. The molecule has 0 unspecified atom stereocenters. The predicted molar refractivity (Wildman–Crippen MR) is 91.5 cm³/mol. The molecule has 1 heterocycles. The fraction of sp³-hybridized carbons (Fsp3) is 0.833. The molecule has 0 N–H and O–H groups in total. The van der Waals surface area contributed by atoms with E-state index in [2.05, 4.69) is 32.6 Å². The molecule has 0 saturated carbocycles. The van der Waals surface area contributed by atoms with Gasteiger partial charge in [-0.15, -0.1) is 0 Å². The van der Waals surface area contributed by atoms with E-state index in [1.54, 1.807) is 4.90 Å². The van der Waals surface area contributed by atoms with E-state index in [0.717, 1.165) is 32.5 Å². The molecule has 1 aliphatic rings. The molecular weight excluding hydrogens is 276 g/mol. The molecule has 0 radical (unpaired) electrons. The lowest BCUT2D eigenvalue weighted by atomic mass is 10.1. The first-order valence-corrected chi connectivity index (χ1v) is 8.53. The Labute approximate surface area is 136 Å². The summed E-state index contributed by atoms with van der Waals surface area (Å²) in [6.45, 7) is 17.5. The smallest absolute Gasteiger partial charge is 0.414 e. The van der Waals surface area contributed by atoms with Gasteiger partial charge in [0.1, 0.15) is 5.60 Å². The summed E-state index contributed by atoms with van der Waals surface area (Å²) in [5.74, 6) is 1.22. The lowest BCUT2D eigenvalue weighted by molar-refractivity contribution is 0.0316. The van der Waals surface area contributed by atoms with Crippen molar-refractivity contribution in [1.29, 1.82) is 0 Å². The second-order valence-corrected chi connectivity index (χ2v) is 8.09. The second-order valence-electron chi connectivity index (χ2n) is 8.09. The minimum Gasteiger partial charge on any atom is -0.443 e. The quantitative estimate of drug-likeness (QED) is 0.751. The third-order valence-electron chi connectivity index (χ3n) is 3.34. The topological polar surface area (TPSA) is 32.8 Å². The maximum atomic E-state index is 12.3. The summed E-state index contributed by atoms with van der Waals surface area (Å²) >= 11 is 0. The molecule has 4 nitrogen and oxygen atoms in total. The van der Waals surface area contributed by atoms with Crippen molar-refractivity contribution in [2.75, 3.05) is 19.6 Å². The number of hydrogen-bond donors (Lipinski definition) is 0. The van der Waals surface area contributed by atoms with E-state index >= 15 is 0 Å². The van der Waals surface area contributed by atoms with Crippen LogP contribution >= 0.6 is 0 Å². The SMILES string of the molecule is CC(C)CN(CC(C)C)C1=CN(C(=O)OC(C)(C)C)CCC1. The first-order chi connectivity index (χ1) is 10.1. The number of carbonyl (C=O) groups is 1. The molecule has 4 heteroatoms. The van der Waals surface area contributed by atoms with Gasteiger partial charge in [0, 0.05) is 31.5 Å². The van der Waals surface area contributed by atoms with Crippen molar-refractivity contribution in [3.63, 3.8) is 0 Å². The van der Waals surface area contributed by atoms with Crippen LogP contribution in [-0.2, 0) is 4.74 Å². The Hall–Kier alpha value is -1.19. The van der Waals surface area contributed by atoms with Gasteiger partial charge >= 0.3 is 6.09 Å². The molecule has 0 bridgehead atoms. The normalized spacial score (nSPS) is 16.0. The van der Waals surface area contributed by atoms with E-state index in [9.17, 15) is 4.79 Å². The number of allylic oxidation sites excluding steroid dienone is 1. The molecule has 0 aromatic carbocycles. The van der Waals surface area contributed by atoms with Crippen LogP contribution in [0.4, 0.5) is 4.79 Å². The fourth-order valence-electron chi connectivity index (χ4n) is 2.63. The lowest BCUT2D eigenvalue weighted by Gasteiger charge is -2.35. The highest BCUT2D eigenvalue weighted by atomic mass is 16.6. The summed E-state index contributed by atoms with van der Waals surface area (Å²) < 4.78 is 5.49. The third-order valence-corrected chi connectivity index (χ3v) is 3.34. The van der Waals surface area contributed by atoms with Gasteiger partial charge in [0.25, 0.3) is 0 Å². The van der Waals surface area contributed by atoms with Gasteiger partial charge in [-0.25, -0.2) is 4.79 Å². The van der Waals surface area contributed by atoms with E-state index in [1.165, 1.54) is 5.70 Å². The van der Waals surface area contributed by atoms with Gasteiger partial charge in [0.15, 0.2) is 0 Å². The average molecular weight is 310 g/mol. The van der Waals surface area contributed by atoms with Crippen molar-refractivity contribution in [3.05, 3.63) is 11.9 Å². The number of hydrogen-bond acceptors (Lipinski definition) is 3. The van der Waals surface area contributed by atoms with E-state index in [0.29, 0.717) is 11.8 Å². The zero-order valence-corrected chi connectivity index (χ0v) is 15.5. The summed E-state index contributed by atoms with van der Waals surface area (Å²) in [7, 11) is 0. The predicted octanol–water partition coefficient (Wildman–Crippen LogP) is 4.47. The zero-order valence-electron chi connectivity index (χ0n) is 15.5. The Bertz CT molecular complexity index is 384. The highest BCUT2D eigenvalue weighted by molar-refractivity contribution is 5.69. The van der Waals surface area contributed by atoms with Crippen molar-refractivity contribution in [3.8, 4) is 0 Å². The summed E-state index contributed by atoms with van der Waals surface area (Å²) in [6.07, 6.45) is 3.80. The van der Waals surface area contributed by atoms with Crippen molar-refractivity contribution < 1.29 is 9.53 Å². The minimum absolute atomic E-state index is 0.237. The molecule has 0 aromatic heterocycles. The third kappa shape index (κ3) is 6.71. The zero-order chi connectivity index (χ0) is 16.9. The number of ether oxygens (including phenoxy) is 1. The van der Waals surface area contributed by atoms with Crippen LogP contribution in [0, 0.1) is 11.8 Å². The van der Waals surface area contributed by atoms with Gasteiger partial charge in [0.2, 0.25) is 0 Å².